The van der Waals surface area contributed by atoms with Gasteiger partial charge in [0.05, 0.1) is 31.6 Å². The van der Waals surface area contributed by atoms with Crippen molar-refractivity contribution in [2.75, 3.05) is 0 Å². The second kappa shape index (κ2) is 27.4. The molecule has 14 nitrogen and oxygen atoms in total. The van der Waals surface area contributed by atoms with E-state index in [1.807, 2.05) is 127 Å². The van der Waals surface area contributed by atoms with Crippen LogP contribution in [0.2, 0.25) is 0 Å². The highest BCUT2D eigenvalue weighted by Crippen LogP contribution is 2.42. The zero-order valence-corrected chi connectivity index (χ0v) is 57.9. The van der Waals surface area contributed by atoms with Crippen LogP contribution in [0, 0.1) is 0 Å². The lowest BCUT2D eigenvalue weighted by Gasteiger charge is -2.11. The van der Waals surface area contributed by atoms with Gasteiger partial charge in [0.25, 0.3) is 0 Å². The van der Waals surface area contributed by atoms with Gasteiger partial charge < -0.3 is 0 Å². The molecule has 0 bridgehead atoms. The smallest absolute Gasteiger partial charge is 0.164 e. The molecule has 0 N–H and O–H groups in total. The molecule has 106 heavy (non-hydrogen) atoms. The highest BCUT2D eigenvalue weighted by Gasteiger charge is 2.21. The highest BCUT2D eigenvalue weighted by molar-refractivity contribution is 7.26. The molecular formula is C90H54N14S2. The van der Waals surface area contributed by atoms with Crippen LogP contribution in [0.4, 0.5) is 0 Å². The van der Waals surface area contributed by atoms with Crippen molar-refractivity contribution in [3.8, 4) is 135 Å². The monoisotopic (exact) mass is 1390 g/mol. The summed E-state index contributed by atoms with van der Waals surface area (Å²) in [6, 6.07) is 109. The van der Waals surface area contributed by atoms with Gasteiger partial charge in [-0.1, -0.05) is 273 Å². The van der Waals surface area contributed by atoms with Crippen molar-refractivity contribution in [2.24, 2.45) is 0 Å². The minimum atomic E-state index is 0.603. The zero-order chi connectivity index (χ0) is 70.3. The topological polar surface area (TPSA) is 180 Å². The molecule has 0 spiro atoms. The van der Waals surface area contributed by atoms with Crippen LogP contribution in [-0.4, -0.2) is 70.2 Å². The van der Waals surface area contributed by atoms with Gasteiger partial charge in [0.1, 0.15) is 38.2 Å². The summed E-state index contributed by atoms with van der Waals surface area (Å²) in [6.45, 7) is 0. The van der Waals surface area contributed by atoms with Gasteiger partial charge in [-0.15, -0.1) is 32.9 Å². The van der Waals surface area contributed by atoms with E-state index in [0.717, 1.165) is 163 Å². The fourth-order valence-electron chi connectivity index (χ4n) is 13.3. The molecular weight excluding hydrogens is 1340 g/mol. The van der Waals surface area contributed by atoms with Crippen LogP contribution in [0.5, 0.6) is 0 Å². The predicted octanol–water partition coefficient (Wildman–Crippen LogP) is 21.9. The Balaban J connectivity index is 0.000000145. The average Bonchev–Trinajstić information content (AvgIpc) is 1.61. The standard InChI is InChI=1S/2C45H27N7S/c1-3-11-28(12-4-1)29-21-23-31(24-22-29)43-50-42(30-13-5-2-6-14-30)51-44(52-43)35-18-10-16-33(26-35)32-15-9-17-34(25-32)38-41-39(47-27-46-38)40-45(53-41)49-37-20-8-7-19-36(37)48-40;1-3-11-28(12-4-1)29-21-23-31(24-22-29)43-47-42(30-13-5-2-6-14-30)48-44(49-43)36-19-10-17-33(26-36)32-16-9-18-35(25-32)39-41-40(51-52-50-39)37-27-34-15-7-8-20-38(34)46-45(37)53-41/h2*1-27H. The summed E-state index contributed by atoms with van der Waals surface area (Å²) in [5.74, 6) is 3.69. The van der Waals surface area contributed by atoms with Crippen LogP contribution in [0.3, 0.4) is 0 Å². The SMILES string of the molecule is c1ccc(-c2ccc(-c3nc(-c4ccccc4)nc(-c4cccc(-c5cccc(-c6ncnc7c6sc6nc8ccccc8nc67)c5)c4)n3)cc2)cc1.c1ccc(-c2ccc(-c3nc(-c4ccccc4)nc(-c4cccc(-c5cccc(-c6nnnc7c6sc6nc8ccccc8cc67)c5)c4)n3)cc2)cc1. The number of para-hydroxylation sites is 3. The molecule has 0 saturated carbocycles. The van der Waals surface area contributed by atoms with Crippen LogP contribution in [-0.2, 0) is 0 Å². The minimum absolute atomic E-state index is 0.603. The summed E-state index contributed by atoms with van der Waals surface area (Å²) in [5.41, 5.74) is 22.9. The van der Waals surface area contributed by atoms with Crippen LogP contribution in [0.1, 0.15) is 0 Å². The number of pyridine rings is 1. The number of benzene rings is 12. The van der Waals surface area contributed by atoms with Crippen molar-refractivity contribution in [2.45, 2.75) is 0 Å². The maximum Gasteiger partial charge on any atom is 0.164 e. The third kappa shape index (κ3) is 12.4. The molecule has 0 aliphatic carbocycles. The van der Waals surface area contributed by atoms with Crippen molar-refractivity contribution in [1.82, 2.24) is 70.2 Å². The first-order chi connectivity index (χ1) is 52.5. The van der Waals surface area contributed by atoms with E-state index in [9.17, 15) is 0 Å². The molecule has 0 saturated heterocycles. The van der Waals surface area contributed by atoms with E-state index in [2.05, 4.69) is 215 Å². The van der Waals surface area contributed by atoms with Gasteiger partial charge in [-0.05, 0) is 98.3 Å². The van der Waals surface area contributed by atoms with Crippen LogP contribution in [0.15, 0.2) is 328 Å². The van der Waals surface area contributed by atoms with Crippen LogP contribution < -0.4 is 0 Å². The lowest BCUT2D eigenvalue weighted by Crippen LogP contribution is -2.00. The normalized spacial score (nSPS) is 11.4. The number of thiophene rings is 2. The Labute approximate surface area is 615 Å². The predicted molar refractivity (Wildman–Crippen MR) is 428 cm³/mol. The Bertz CT molecular complexity index is 6300. The fraction of sp³-hybridized carbons (Fsp3) is 0. The van der Waals surface area contributed by atoms with Gasteiger partial charge >= 0.3 is 0 Å². The average molecular weight is 1400 g/mol. The maximum atomic E-state index is 5.03. The summed E-state index contributed by atoms with van der Waals surface area (Å²) in [6.07, 6.45) is 1.62. The minimum Gasteiger partial charge on any atom is -0.241 e. The summed E-state index contributed by atoms with van der Waals surface area (Å²) in [5, 5.41) is 15.2. The van der Waals surface area contributed by atoms with Gasteiger partial charge in [0, 0.05) is 55.3 Å². The summed E-state index contributed by atoms with van der Waals surface area (Å²) in [7, 11) is 0. The molecule has 0 atom stereocenters. The molecule has 496 valence electrons. The molecule has 12 aromatic carbocycles. The molecule has 20 aromatic rings. The molecule has 0 unspecified atom stereocenters. The van der Waals surface area contributed by atoms with Gasteiger partial charge in [-0.2, -0.15) is 0 Å². The maximum absolute atomic E-state index is 5.03. The van der Waals surface area contributed by atoms with Crippen LogP contribution >= 0.6 is 22.7 Å². The third-order valence-corrected chi connectivity index (χ3v) is 20.8. The summed E-state index contributed by atoms with van der Waals surface area (Å²) in [4.78, 5) is 55.8. The van der Waals surface area contributed by atoms with E-state index < -0.39 is 0 Å². The van der Waals surface area contributed by atoms with Gasteiger partial charge in [0.15, 0.2) is 34.9 Å². The van der Waals surface area contributed by atoms with Crippen molar-refractivity contribution in [3.63, 3.8) is 0 Å². The second-order valence-electron chi connectivity index (χ2n) is 25.4. The molecule has 0 fully saturated rings. The Morgan fingerprint density at radius 3 is 1.07 bits per heavy atom. The second-order valence-corrected chi connectivity index (χ2v) is 27.4. The molecule has 8 heterocycles. The fourth-order valence-corrected chi connectivity index (χ4v) is 15.5. The van der Waals surface area contributed by atoms with E-state index >= 15 is 0 Å². The summed E-state index contributed by atoms with van der Waals surface area (Å²) < 4.78 is 1.93. The molecule has 16 heteroatoms. The van der Waals surface area contributed by atoms with Crippen molar-refractivity contribution >= 4 is 85.6 Å². The Kier molecular flexibility index (Phi) is 16.2. The lowest BCUT2D eigenvalue weighted by atomic mass is 9.99. The van der Waals surface area contributed by atoms with Crippen molar-refractivity contribution in [3.05, 3.63) is 328 Å². The number of hydrogen-bond donors (Lipinski definition) is 0. The Morgan fingerprint density at radius 2 is 0.557 bits per heavy atom. The first-order valence-corrected chi connectivity index (χ1v) is 36.1. The van der Waals surface area contributed by atoms with E-state index in [1.54, 1.807) is 29.0 Å². The van der Waals surface area contributed by atoms with E-state index in [4.69, 9.17) is 49.8 Å². The first-order valence-electron chi connectivity index (χ1n) is 34.5. The molecule has 20 rings (SSSR count). The van der Waals surface area contributed by atoms with Crippen molar-refractivity contribution < 1.29 is 0 Å². The first kappa shape index (κ1) is 62.9. The summed E-state index contributed by atoms with van der Waals surface area (Å²) >= 11 is 3.18. The van der Waals surface area contributed by atoms with E-state index in [-0.39, 0.29) is 0 Å². The number of aromatic nitrogens is 14. The Morgan fingerprint density at radius 1 is 0.208 bits per heavy atom. The number of rotatable bonds is 12. The third-order valence-electron chi connectivity index (χ3n) is 18.6. The molecule has 0 radical (unpaired) electrons. The van der Waals surface area contributed by atoms with Crippen molar-refractivity contribution in [1.29, 1.82) is 0 Å². The Hall–Kier alpha value is -14.1. The highest BCUT2D eigenvalue weighted by atomic mass is 32.1. The van der Waals surface area contributed by atoms with Gasteiger partial charge in [0.2, 0.25) is 0 Å². The molecule has 0 aliphatic heterocycles. The largest absolute Gasteiger partial charge is 0.241 e. The van der Waals surface area contributed by atoms with Gasteiger partial charge in [-0.3, -0.25) is 0 Å². The zero-order valence-electron chi connectivity index (χ0n) is 56.3. The van der Waals surface area contributed by atoms with Crippen LogP contribution in [0.25, 0.3) is 198 Å². The molecule has 8 aromatic heterocycles. The quantitative estimate of drug-likeness (QED) is 0.113. The number of hydrogen-bond acceptors (Lipinski definition) is 16. The lowest BCUT2D eigenvalue weighted by molar-refractivity contribution is 0.904. The van der Waals surface area contributed by atoms with E-state index in [0.29, 0.717) is 34.9 Å². The van der Waals surface area contributed by atoms with E-state index in [1.165, 1.54) is 0 Å². The number of nitrogens with zero attached hydrogens (tertiary/aromatic N) is 14. The molecule has 0 aliphatic rings. The van der Waals surface area contributed by atoms with Gasteiger partial charge in [-0.25, -0.2) is 54.8 Å². The number of fused-ring (bicyclic) bond motifs is 8. The molecule has 0 amide bonds.